The van der Waals surface area contributed by atoms with E-state index in [0.717, 1.165) is 12.1 Å². The summed E-state index contributed by atoms with van der Waals surface area (Å²) in [5.41, 5.74) is 0.230. The van der Waals surface area contributed by atoms with Crippen LogP contribution < -0.4 is 4.74 Å². The summed E-state index contributed by atoms with van der Waals surface area (Å²) < 4.78 is 23.2. The normalized spacial score (nSPS) is 19.8. The Kier molecular flexibility index (Phi) is 2.86. The van der Waals surface area contributed by atoms with Crippen molar-refractivity contribution in [1.82, 2.24) is 0 Å². The van der Waals surface area contributed by atoms with Gasteiger partial charge in [-0.05, 0) is 36.4 Å². The Labute approximate surface area is 118 Å². The van der Waals surface area contributed by atoms with Crippen molar-refractivity contribution in [2.24, 2.45) is 0 Å². The number of aliphatic carboxylic acids is 1. The monoisotopic (exact) mass is 288 g/mol. The lowest BCUT2D eigenvalue weighted by atomic mass is 10.0. The maximum absolute atomic E-state index is 12.9. The molecule has 1 heterocycles. The van der Waals surface area contributed by atoms with Crippen LogP contribution in [0.25, 0.3) is 0 Å². The first-order valence-electron chi connectivity index (χ1n) is 6.04. The van der Waals surface area contributed by atoms with Gasteiger partial charge in [0.05, 0.1) is 11.1 Å². The van der Waals surface area contributed by atoms with Crippen LogP contribution in [0, 0.1) is 5.82 Å². The number of fused-ring (bicyclic) bond motifs is 1. The SMILES string of the molecule is O=C1OC(Oc2ccc(F)cc2)(C(=O)O)c2ccccc21. The zero-order valence-electron chi connectivity index (χ0n) is 10.6. The zero-order valence-corrected chi connectivity index (χ0v) is 10.6. The van der Waals surface area contributed by atoms with E-state index >= 15 is 0 Å². The highest BCUT2D eigenvalue weighted by atomic mass is 19.1. The van der Waals surface area contributed by atoms with E-state index in [1.807, 2.05) is 0 Å². The van der Waals surface area contributed by atoms with Crippen LogP contribution in [0.3, 0.4) is 0 Å². The number of ether oxygens (including phenoxy) is 2. The number of carboxylic acids is 1. The first kappa shape index (κ1) is 13.1. The van der Waals surface area contributed by atoms with Crippen molar-refractivity contribution in [2.45, 2.75) is 5.79 Å². The molecule has 3 rings (SSSR count). The molecule has 6 heteroatoms. The van der Waals surface area contributed by atoms with Gasteiger partial charge < -0.3 is 14.6 Å². The van der Waals surface area contributed by atoms with Gasteiger partial charge in [0, 0.05) is 0 Å². The van der Waals surface area contributed by atoms with E-state index in [2.05, 4.69) is 0 Å². The number of carbonyl (C=O) groups is 2. The Morgan fingerprint density at radius 2 is 1.81 bits per heavy atom. The molecule has 0 fully saturated rings. The Balaban J connectivity index is 2.08. The lowest BCUT2D eigenvalue weighted by Crippen LogP contribution is -2.42. The molecular formula is C15H9FO5. The summed E-state index contributed by atoms with van der Waals surface area (Å²) in [6.45, 7) is 0. The zero-order chi connectivity index (χ0) is 15.0. The standard InChI is InChI=1S/C15H9FO5/c16-9-5-7-10(8-6-9)20-15(14(18)19)12-4-2-1-3-11(12)13(17)21-15/h1-8H,(H,18,19). The summed E-state index contributed by atoms with van der Waals surface area (Å²) >= 11 is 0. The molecule has 1 aliphatic rings. The molecule has 106 valence electrons. The molecule has 0 saturated carbocycles. The fourth-order valence-electron chi connectivity index (χ4n) is 2.14. The van der Waals surface area contributed by atoms with E-state index < -0.39 is 23.5 Å². The van der Waals surface area contributed by atoms with Gasteiger partial charge in [-0.1, -0.05) is 12.1 Å². The Bertz CT molecular complexity index is 725. The molecule has 2 aromatic carbocycles. The Morgan fingerprint density at radius 1 is 1.14 bits per heavy atom. The molecule has 1 aliphatic heterocycles. The van der Waals surface area contributed by atoms with Gasteiger partial charge in [-0.3, -0.25) is 0 Å². The molecule has 1 atom stereocenters. The van der Waals surface area contributed by atoms with Crippen molar-refractivity contribution in [3.63, 3.8) is 0 Å². The molecule has 0 bridgehead atoms. The fraction of sp³-hybridized carbons (Fsp3) is 0.0667. The third-order valence-corrected chi connectivity index (χ3v) is 3.09. The number of hydrogen-bond donors (Lipinski definition) is 1. The number of carbonyl (C=O) groups excluding carboxylic acids is 1. The first-order valence-corrected chi connectivity index (χ1v) is 6.04. The molecule has 0 radical (unpaired) electrons. The van der Waals surface area contributed by atoms with Crippen molar-refractivity contribution in [1.29, 1.82) is 0 Å². The topological polar surface area (TPSA) is 72.8 Å². The summed E-state index contributed by atoms with van der Waals surface area (Å²) in [6.07, 6.45) is 0. The summed E-state index contributed by atoms with van der Waals surface area (Å²) in [6, 6.07) is 10.8. The smallest absolute Gasteiger partial charge is 0.395 e. The molecule has 5 nitrogen and oxygen atoms in total. The minimum Gasteiger partial charge on any atom is -0.475 e. The molecule has 0 amide bonds. The lowest BCUT2D eigenvalue weighted by Gasteiger charge is -2.24. The van der Waals surface area contributed by atoms with E-state index in [0.29, 0.717) is 0 Å². The number of carboxylic acid groups (broad SMARTS) is 1. The number of esters is 1. The predicted octanol–water partition coefficient (Wildman–Crippen LogP) is 2.31. The second-order valence-electron chi connectivity index (χ2n) is 4.41. The largest absolute Gasteiger partial charge is 0.475 e. The van der Waals surface area contributed by atoms with Crippen molar-refractivity contribution in [3.8, 4) is 5.75 Å². The van der Waals surface area contributed by atoms with E-state index in [-0.39, 0.29) is 16.9 Å². The fourth-order valence-corrected chi connectivity index (χ4v) is 2.14. The molecule has 0 spiro atoms. The number of benzene rings is 2. The van der Waals surface area contributed by atoms with Gasteiger partial charge in [0.25, 0.3) is 0 Å². The molecule has 1 N–H and O–H groups in total. The minimum absolute atomic E-state index is 0.0725. The van der Waals surface area contributed by atoms with E-state index in [1.54, 1.807) is 12.1 Å². The summed E-state index contributed by atoms with van der Waals surface area (Å²) in [4.78, 5) is 23.4. The van der Waals surface area contributed by atoms with E-state index in [9.17, 15) is 19.1 Å². The molecule has 2 aromatic rings. The lowest BCUT2D eigenvalue weighted by molar-refractivity contribution is -0.194. The van der Waals surface area contributed by atoms with Gasteiger partial charge >= 0.3 is 17.7 Å². The number of rotatable bonds is 3. The van der Waals surface area contributed by atoms with Gasteiger partial charge in [-0.25, -0.2) is 14.0 Å². The minimum atomic E-state index is -2.26. The van der Waals surface area contributed by atoms with Crippen LogP contribution in [-0.4, -0.2) is 17.0 Å². The highest BCUT2D eigenvalue weighted by Gasteiger charge is 2.55. The molecule has 1 unspecified atom stereocenters. The second kappa shape index (κ2) is 4.59. The van der Waals surface area contributed by atoms with Crippen LogP contribution in [-0.2, 0) is 15.3 Å². The van der Waals surface area contributed by atoms with Crippen LogP contribution in [0.4, 0.5) is 4.39 Å². The molecule has 0 saturated heterocycles. The Hall–Kier alpha value is -2.89. The number of halogens is 1. The van der Waals surface area contributed by atoms with Crippen LogP contribution in [0.5, 0.6) is 5.75 Å². The second-order valence-corrected chi connectivity index (χ2v) is 4.41. The van der Waals surface area contributed by atoms with Gasteiger partial charge in [-0.15, -0.1) is 0 Å². The predicted molar refractivity (Wildman–Crippen MR) is 68.2 cm³/mol. The summed E-state index contributed by atoms with van der Waals surface area (Å²) in [7, 11) is 0. The van der Waals surface area contributed by atoms with Crippen LogP contribution in [0.15, 0.2) is 48.5 Å². The van der Waals surface area contributed by atoms with E-state index in [4.69, 9.17) is 9.47 Å². The average Bonchev–Trinajstić information content (AvgIpc) is 2.76. The van der Waals surface area contributed by atoms with Crippen molar-refractivity contribution in [2.75, 3.05) is 0 Å². The highest BCUT2D eigenvalue weighted by molar-refractivity contribution is 5.99. The number of hydrogen-bond acceptors (Lipinski definition) is 4. The maximum atomic E-state index is 12.9. The quantitative estimate of drug-likeness (QED) is 0.877. The van der Waals surface area contributed by atoms with E-state index in [1.165, 1.54) is 24.3 Å². The van der Waals surface area contributed by atoms with Crippen LogP contribution in [0.2, 0.25) is 0 Å². The average molecular weight is 288 g/mol. The Morgan fingerprint density at radius 3 is 2.48 bits per heavy atom. The van der Waals surface area contributed by atoms with Crippen LogP contribution >= 0.6 is 0 Å². The van der Waals surface area contributed by atoms with Crippen molar-refractivity contribution < 1.29 is 28.6 Å². The maximum Gasteiger partial charge on any atom is 0.395 e. The molecular weight excluding hydrogens is 279 g/mol. The van der Waals surface area contributed by atoms with Gasteiger partial charge in [-0.2, -0.15) is 0 Å². The van der Waals surface area contributed by atoms with Crippen molar-refractivity contribution >= 4 is 11.9 Å². The van der Waals surface area contributed by atoms with Gasteiger partial charge in [0.15, 0.2) is 0 Å². The summed E-state index contributed by atoms with van der Waals surface area (Å²) in [5.74, 6) is -4.93. The first-order chi connectivity index (χ1) is 10.0. The van der Waals surface area contributed by atoms with Gasteiger partial charge in [0.2, 0.25) is 0 Å². The highest BCUT2D eigenvalue weighted by Crippen LogP contribution is 2.38. The van der Waals surface area contributed by atoms with Crippen molar-refractivity contribution in [3.05, 3.63) is 65.5 Å². The summed E-state index contributed by atoms with van der Waals surface area (Å²) in [5, 5.41) is 9.47. The molecule has 0 aromatic heterocycles. The third kappa shape index (κ3) is 2.01. The third-order valence-electron chi connectivity index (χ3n) is 3.09. The van der Waals surface area contributed by atoms with Gasteiger partial charge in [0.1, 0.15) is 11.6 Å². The molecule has 0 aliphatic carbocycles. The molecule has 21 heavy (non-hydrogen) atoms. The number of cyclic esters (lactones) is 1. The van der Waals surface area contributed by atoms with Crippen LogP contribution in [0.1, 0.15) is 15.9 Å².